The molecule has 128 valence electrons. The first kappa shape index (κ1) is 17.9. The van der Waals surface area contributed by atoms with Crippen molar-refractivity contribution < 1.29 is 4.79 Å². The van der Waals surface area contributed by atoms with Crippen LogP contribution in [-0.2, 0) is 6.54 Å². The van der Waals surface area contributed by atoms with Gasteiger partial charge in [0.2, 0.25) is 0 Å². The Morgan fingerprint density at radius 1 is 1.04 bits per heavy atom. The van der Waals surface area contributed by atoms with E-state index < -0.39 is 0 Å². The van der Waals surface area contributed by atoms with Gasteiger partial charge in [0.05, 0.1) is 0 Å². The van der Waals surface area contributed by atoms with Gasteiger partial charge in [-0.2, -0.15) is 0 Å². The number of amides is 1. The third-order valence-electron chi connectivity index (χ3n) is 3.88. The van der Waals surface area contributed by atoms with E-state index in [1.807, 2.05) is 23.1 Å². The van der Waals surface area contributed by atoms with Crippen molar-refractivity contribution in [2.24, 2.45) is 0 Å². The average Bonchev–Trinajstić information content (AvgIpc) is 2.61. The molecule has 1 amide bonds. The fourth-order valence-corrected chi connectivity index (χ4v) is 2.55. The lowest BCUT2D eigenvalue weighted by atomic mass is 10.1. The molecule has 0 aliphatic heterocycles. The Balaban J connectivity index is 1.99. The summed E-state index contributed by atoms with van der Waals surface area (Å²) in [5, 5.41) is 11.5. The van der Waals surface area contributed by atoms with Crippen molar-refractivity contribution in [3.63, 3.8) is 0 Å². The largest absolute Gasteiger partial charge is 0.364 e. The van der Waals surface area contributed by atoms with Gasteiger partial charge in [0.15, 0.2) is 5.69 Å². The molecule has 1 aromatic carbocycles. The van der Waals surface area contributed by atoms with Crippen molar-refractivity contribution in [3.8, 4) is 0 Å². The fourth-order valence-electron chi connectivity index (χ4n) is 2.55. The van der Waals surface area contributed by atoms with Gasteiger partial charge in [-0.15, -0.1) is 10.2 Å². The summed E-state index contributed by atoms with van der Waals surface area (Å²) in [4.78, 5) is 14.3. The number of carbonyl (C=O) groups excluding carboxylic acids is 1. The first-order valence-corrected chi connectivity index (χ1v) is 8.57. The van der Waals surface area contributed by atoms with Gasteiger partial charge in [-0.05, 0) is 43.0 Å². The van der Waals surface area contributed by atoms with Crippen LogP contribution in [0.4, 0.5) is 5.82 Å². The third-order valence-corrected chi connectivity index (χ3v) is 3.88. The Morgan fingerprint density at radius 3 is 2.33 bits per heavy atom. The monoisotopic (exact) mass is 326 g/mol. The minimum absolute atomic E-state index is 0.0448. The summed E-state index contributed by atoms with van der Waals surface area (Å²) in [5.41, 5.74) is 2.86. The van der Waals surface area contributed by atoms with Gasteiger partial charge < -0.3 is 10.2 Å². The molecule has 0 aliphatic carbocycles. The van der Waals surface area contributed by atoms with E-state index in [9.17, 15) is 4.79 Å². The number of carbonyl (C=O) groups is 1. The van der Waals surface area contributed by atoms with E-state index in [0.717, 1.165) is 25.9 Å². The van der Waals surface area contributed by atoms with Crippen molar-refractivity contribution in [1.82, 2.24) is 15.1 Å². The molecule has 0 fully saturated rings. The van der Waals surface area contributed by atoms with E-state index in [1.165, 1.54) is 11.1 Å². The van der Waals surface area contributed by atoms with Gasteiger partial charge in [-0.1, -0.05) is 38.1 Å². The number of nitrogens with zero attached hydrogens (tertiary/aromatic N) is 3. The number of aryl methyl sites for hydroxylation is 1. The zero-order valence-corrected chi connectivity index (χ0v) is 14.7. The van der Waals surface area contributed by atoms with E-state index in [1.54, 1.807) is 6.07 Å². The maximum atomic E-state index is 12.5. The van der Waals surface area contributed by atoms with Crippen molar-refractivity contribution in [1.29, 1.82) is 0 Å². The number of aromatic nitrogens is 2. The molecule has 0 aliphatic rings. The Labute approximate surface area is 144 Å². The lowest BCUT2D eigenvalue weighted by molar-refractivity contribution is 0.0748. The SMILES string of the molecule is CCCN(CCC)C(=O)c1ccc(NCc2ccccc2C)nn1. The van der Waals surface area contributed by atoms with Crippen molar-refractivity contribution >= 4 is 11.7 Å². The molecule has 0 unspecified atom stereocenters. The van der Waals surface area contributed by atoms with Crippen LogP contribution in [0.1, 0.15) is 48.3 Å². The van der Waals surface area contributed by atoms with Crippen LogP contribution in [0.3, 0.4) is 0 Å². The topological polar surface area (TPSA) is 58.1 Å². The molecule has 5 heteroatoms. The van der Waals surface area contributed by atoms with E-state index in [-0.39, 0.29) is 5.91 Å². The summed E-state index contributed by atoms with van der Waals surface area (Å²) < 4.78 is 0. The third kappa shape index (κ3) is 4.78. The maximum absolute atomic E-state index is 12.5. The zero-order valence-electron chi connectivity index (χ0n) is 14.7. The first-order valence-electron chi connectivity index (χ1n) is 8.57. The van der Waals surface area contributed by atoms with Crippen molar-refractivity contribution in [3.05, 3.63) is 53.2 Å². The van der Waals surface area contributed by atoms with E-state index >= 15 is 0 Å². The number of rotatable bonds is 8. The second-order valence-electron chi connectivity index (χ2n) is 5.88. The van der Waals surface area contributed by atoms with E-state index in [4.69, 9.17) is 0 Å². The summed E-state index contributed by atoms with van der Waals surface area (Å²) in [7, 11) is 0. The molecule has 2 rings (SSSR count). The molecule has 5 nitrogen and oxygen atoms in total. The highest BCUT2D eigenvalue weighted by Gasteiger charge is 2.16. The lowest BCUT2D eigenvalue weighted by Gasteiger charge is -2.20. The smallest absolute Gasteiger partial charge is 0.274 e. The van der Waals surface area contributed by atoms with Gasteiger partial charge >= 0.3 is 0 Å². The van der Waals surface area contributed by atoms with Gasteiger partial charge in [0.1, 0.15) is 5.82 Å². The number of hydrogen-bond acceptors (Lipinski definition) is 4. The Kier molecular flexibility index (Phi) is 6.73. The first-order chi connectivity index (χ1) is 11.7. The highest BCUT2D eigenvalue weighted by molar-refractivity contribution is 5.92. The minimum atomic E-state index is -0.0448. The predicted octanol–water partition coefficient (Wildman–Crippen LogP) is 3.66. The van der Waals surface area contributed by atoms with Crippen LogP contribution in [0.2, 0.25) is 0 Å². The summed E-state index contributed by atoms with van der Waals surface area (Å²) in [5.74, 6) is 0.629. The van der Waals surface area contributed by atoms with Crippen LogP contribution >= 0.6 is 0 Å². The molecule has 1 aromatic heterocycles. The van der Waals surface area contributed by atoms with Crippen LogP contribution in [0.25, 0.3) is 0 Å². The number of benzene rings is 1. The van der Waals surface area contributed by atoms with E-state index in [0.29, 0.717) is 18.1 Å². The van der Waals surface area contributed by atoms with Crippen molar-refractivity contribution in [2.45, 2.75) is 40.2 Å². The molecule has 0 atom stereocenters. The number of hydrogen-bond donors (Lipinski definition) is 1. The van der Waals surface area contributed by atoms with Crippen LogP contribution in [0.5, 0.6) is 0 Å². The molecule has 0 spiro atoms. The van der Waals surface area contributed by atoms with Crippen molar-refractivity contribution in [2.75, 3.05) is 18.4 Å². The second-order valence-corrected chi connectivity index (χ2v) is 5.88. The summed E-state index contributed by atoms with van der Waals surface area (Å²) in [6, 6.07) is 11.8. The molecule has 0 saturated heterocycles. The Morgan fingerprint density at radius 2 is 1.75 bits per heavy atom. The molecule has 0 saturated carbocycles. The predicted molar refractivity (Wildman–Crippen MR) is 97.0 cm³/mol. The lowest BCUT2D eigenvalue weighted by Crippen LogP contribution is -2.33. The molecule has 0 radical (unpaired) electrons. The minimum Gasteiger partial charge on any atom is -0.364 e. The molecule has 1 heterocycles. The Hall–Kier alpha value is -2.43. The second kappa shape index (κ2) is 9.01. The van der Waals surface area contributed by atoms with Crippen LogP contribution in [0.15, 0.2) is 36.4 Å². The quantitative estimate of drug-likeness (QED) is 0.804. The molecule has 0 bridgehead atoms. The molecule has 2 aromatic rings. The summed E-state index contributed by atoms with van der Waals surface area (Å²) in [6.45, 7) is 8.41. The molecular formula is C19H26N4O. The van der Waals surface area contributed by atoms with Gasteiger partial charge in [-0.3, -0.25) is 4.79 Å². The zero-order chi connectivity index (χ0) is 17.4. The number of nitrogens with one attached hydrogen (secondary N) is 1. The highest BCUT2D eigenvalue weighted by Crippen LogP contribution is 2.11. The normalized spacial score (nSPS) is 10.5. The fraction of sp³-hybridized carbons (Fsp3) is 0.421. The van der Waals surface area contributed by atoms with Crippen LogP contribution in [0, 0.1) is 6.92 Å². The summed E-state index contributed by atoms with van der Waals surface area (Å²) >= 11 is 0. The average molecular weight is 326 g/mol. The van der Waals surface area contributed by atoms with Gasteiger partial charge in [-0.25, -0.2) is 0 Å². The van der Waals surface area contributed by atoms with Gasteiger partial charge in [0.25, 0.3) is 5.91 Å². The Bertz CT molecular complexity index is 649. The standard InChI is InChI=1S/C19H26N4O/c1-4-12-23(13-5-2)19(24)17-10-11-18(22-21-17)20-14-16-9-7-6-8-15(16)3/h6-11H,4-5,12-14H2,1-3H3,(H,20,22). The molecular weight excluding hydrogens is 300 g/mol. The molecule has 24 heavy (non-hydrogen) atoms. The number of anilines is 1. The molecule has 1 N–H and O–H groups in total. The van der Waals surface area contributed by atoms with Gasteiger partial charge in [0, 0.05) is 19.6 Å². The van der Waals surface area contributed by atoms with Crippen LogP contribution < -0.4 is 5.32 Å². The summed E-state index contributed by atoms with van der Waals surface area (Å²) in [6.07, 6.45) is 1.88. The highest BCUT2D eigenvalue weighted by atomic mass is 16.2. The van der Waals surface area contributed by atoms with E-state index in [2.05, 4.69) is 48.4 Å². The van der Waals surface area contributed by atoms with Crippen LogP contribution in [-0.4, -0.2) is 34.1 Å². The maximum Gasteiger partial charge on any atom is 0.274 e.